The minimum Gasteiger partial charge on any atom is -0.497 e. The lowest BCUT2D eigenvalue weighted by Crippen LogP contribution is -2.41. The molecule has 2 amide bonds. The maximum absolute atomic E-state index is 12.9. The van der Waals surface area contributed by atoms with E-state index >= 15 is 0 Å². The Balaban J connectivity index is 1.22. The van der Waals surface area contributed by atoms with Crippen molar-refractivity contribution in [2.75, 3.05) is 25.5 Å². The largest absolute Gasteiger partial charge is 0.497 e. The number of carbonyl (C=O) groups is 2. The van der Waals surface area contributed by atoms with Crippen molar-refractivity contribution >= 4 is 28.6 Å². The van der Waals surface area contributed by atoms with Crippen molar-refractivity contribution in [3.63, 3.8) is 0 Å². The number of anilines is 1. The first kappa shape index (κ1) is 21.7. The number of carbonyl (C=O) groups excluding carboxylic acids is 2. The third-order valence-corrected chi connectivity index (χ3v) is 6.17. The summed E-state index contributed by atoms with van der Waals surface area (Å²) in [6.07, 6.45) is 1.27. The van der Waals surface area contributed by atoms with Crippen LogP contribution < -0.4 is 10.1 Å². The molecule has 0 bridgehead atoms. The number of piperidine rings is 1. The number of benzene rings is 3. The maximum atomic E-state index is 12.9. The zero-order valence-corrected chi connectivity index (χ0v) is 18.9. The molecular formula is C27H25N3O4. The van der Waals surface area contributed by atoms with Crippen LogP contribution >= 0.6 is 0 Å². The van der Waals surface area contributed by atoms with Gasteiger partial charge in [0.25, 0.3) is 5.91 Å². The summed E-state index contributed by atoms with van der Waals surface area (Å²) in [5, 5.41) is 3.00. The molecule has 7 heteroatoms. The van der Waals surface area contributed by atoms with Gasteiger partial charge in [-0.05, 0) is 61.4 Å². The molecular weight excluding hydrogens is 430 g/mol. The number of nitrogens with zero attached hydrogens (tertiary/aromatic N) is 2. The zero-order valence-electron chi connectivity index (χ0n) is 18.9. The molecule has 0 saturated carbocycles. The molecule has 0 unspecified atom stereocenters. The number of likely N-dealkylation sites (tertiary alicyclic amines) is 1. The van der Waals surface area contributed by atoms with Crippen LogP contribution in [0, 0.1) is 5.92 Å². The van der Waals surface area contributed by atoms with Crippen LogP contribution in [0.25, 0.3) is 22.6 Å². The predicted octanol–water partition coefficient (Wildman–Crippen LogP) is 4.99. The molecule has 0 atom stereocenters. The molecule has 0 spiro atoms. The summed E-state index contributed by atoms with van der Waals surface area (Å²) in [7, 11) is 1.62. The Kier molecular flexibility index (Phi) is 5.99. The van der Waals surface area contributed by atoms with E-state index in [2.05, 4.69) is 10.3 Å². The highest BCUT2D eigenvalue weighted by Gasteiger charge is 2.28. The predicted molar refractivity (Wildman–Crippen MR) is 130 cm³/mol. The summed E-state index contributed by atoms with van der Waals surface area (Å²) in [5.41, 5.74) is 3.51. The maximum Gasteiger partial charge on any atom is 0.253 e. The van der Waals surface area contributed by atoms with Crippen molar-refractivity contribution in [3.8, 4) is 17.2 Å². The fraction of sp³-hybridized carbons (Fsp3) is 0.222. The normalized spacial score (nSPS) is 14.2. The van der Waals surface area contributed by atoms with Gasteiger partial charge in [-0.15, -0.1) is 0 Å². The fourth-order valence-corrected chi connectivity index (χ4v) is 4.21. The highest BCUT2D eigenvalue weighted by Crippen LogP contribution is 2.28. The Morgan fingerprint density at radius 1 is 1.00 bits per heavy atom. The molecule has 172 valence electrons. The molecule has 1 aliphatic heterocycles. The fourth-order valence-electron chi connectivity index (χ4n) is 4.21. The molecule has 1 aliphatic rings. The number of rotatable bonds is 5. The van der Waals surface area contributed by atoms with Crippen LogP contribution in [-0.4, -0.2) is 41.9 Å². The Bertz CT molecular complexity index is 1310. The van der Waals surface area contributed by atoms with Crippen molar-refractivity contribution in [2.24, 2.45) is 5.92 Å². The number of hydrogen-bond donors (Lipinski definition) is 1. The SMILES string of the molecule is COc1ccc(-c2nc3ccc(NC(=O)C4CCN(C(=O)c5ccccc5)CC4)cc3o2)cc1. The van der Waals surface area contributed by atoms with Crippen LogP contribution in [-0.2, 0) is 4.79 Å². The first-order valence-corrected chi connectivity index (χ1v) is 11.3. The van der Waals surface area contributed by atoms with E-state index in [1.165, 1.54) is 0 Å². The second kappa shape index (κ2) is 9.39. The van der Waals surface area contributed by atoms with Gasteiger partial charge in [-0.25, -0.2) is 4.98 Å². The van der Waals surface area contributed by atoms with E-state index in [4.69, 9.17) is 9.15 Å². The van der Waals surface area contributed by atoms with Crippen LogP contribution in [0.15, 0.2) is 77.2 Å². The van der Waals surface area contributed by atoms with Gasteiger partial charge in [-0.3, -0.25) is 9.59 Å². The number of fused-ring (bicyclic) bond motifs is 1. The molecule has 7 nitrogen and oxygen atoms in total. The van der Waals surface area contributed by atoms with Crippen LogP contribution in [0.3, 0.4) is 0 Å². The molecule has 4 aromatic rings. The van der Waals surface area contributed by atoms with Crippen LogP contribution in [0.5, 0.6) is 5.75 Å². The zero-order chi connectivity index (χ0) is 23.5. The topological polar surface area (TPSA) is 84.7 Å². The molecule has 3 aromatic carbocycles. The first-order valence-electron chi connectivity index (χ1n) is 11.3. The smallest absolute Gasteiger partial charge is 0.253 e. The number of aromatic nitrogens is 1. The van der Waals surface area contributed by atoms with Gasteiger partial charge in [0.1, 0.15) is 11.3 Å². The van der Waals surface area contributed by atoms with E-state index in [9.17, 15) is 9.59 Å². The summed E-state index contributed by atoms with van der Waals surface area (Å²) in [6.45, 7) is 1.14. The first-order chi connectivity index (χ1) is 16.6. The lowest BCUT2D eigenvalue weighted by molar-refractivity contribution is -0.121. The third kappa shape index (κ3) is 4.50. The van der Waals surface area contributed by atoms with Gasteiger partial charge >= 0.3 is 0 Å². The van der Waals surface area contributed by atoms with Gasteiger partial charge in [0.05, 0.1) is 7.11 Å². The number of methoxy groups -OCH3 is 1. The Hall–Kier alpha value is -4.13. The summed E-state index contributed by atoms with van der Waals surface area (Å²) in [4.78, 5) is 31.9. The van der Waals surface area contributed by atoms with Gasteiger partial charge in [-0.1, -0.05) is 18.2 Å². The molecule has 1 N–H and O–H groups in total. The number of amides is 2. The molecule has 5 rings (SSSR count). The van der Waals surface area contributed by atoms with Crippen molar-refractivity contribution < 1.29 is 18.7 Å². The van der Waals surface area contributed by atoms with Crippen molar-refractivity contribution in [1.82, 2.24) is 9.88 Å². The van der Waals surface area contributed by atoms with Gasteiger partial charge < -0.3 is 19.4 Å². The van der Waals surface area contributed by atoms with E-state index in [0.717, 1.165) is 16.8 Å². The lowest BCUT2D eigenvalue weighted by atomic mass is 9.95. The van der Waals surface area contributed by atoms with E-state index in [-0.39, 0.29) is 17.7 Å². The molecule has 0 aliphatic carbocycles. The number of nitrogens with one attached hydrogen (secondary N) is 1. The second-order valence-electron chi connectivity index (χ2n) is 8.35. The number of oxazole rings is 1. The van der Waals surface area contributed by atoms with E-state index < -0.39 is 0 Å². The lowest BCUT2D eigenvalue weighted by Gasteiger charge is -2.31. The van der Waals surface area contributed by atoms with Gasteiger partial charge in [0.2, 0.25) is 11.8 Å². The minimum atomic E-state index is -0.139. The molecule has 34 heavy (non-hydrogen) atoms. The highest BCUT2D eigenvalue weighted by molar-refractivity contribution is 5.96. The van der Waals surface area contributed by atoms with E-state index in [1.807, 2.05) is 71.6 Å². The van der Waals surface area contributed by atoms with Crippen molar-refractivity contribution in [3.05, 3.63) is 78.4 Å². The van der Waals surface area contributed by atoms with Gasteiger partial charge in [0, 0.05) is 41.9 Å². The monoisotopic (exact) mass is 455 g/mol. The summed E-state index contributed by atoms with van der Waals surface area (Å²) < 4.78 is 11.1. The van der Waals surface area contributed by atoms with Crippen LogP contribution in [0.1, 0.15) is 23.2 Å². The van der Waals surface area contributed by atoms with E-state index in [1.54, 1.807) is 13.2 Å². The average Bonchev–Trinajstić information content (AvgIpc) is 3.32. The molecule has 1 aromatic heterocycles. The number of hydrogen-bond acceptors (Lipinski definition) is 5. The van der Waals surface area contributed by atoms with Gasteiger partial charge in [-0.2, -0.15) is 0 Å². The molecule has 1 fully saturated rings. The molecule has 1 saturated heterocycles. The molecule has 2 heterocycles. The Labute approximate surface area is 197 Å². The average molecular weight is 456 g/mol. The quantitative estimate of drug-likeness (QED) is 0.458. The summed E-state index contributed by atoms with van der Waals surface area (Å²) in [6, 6.07) is 22.2. The van der Waals surface area contributed by atoms with Crippen LogP contribution in [0.4, 0.5) is 5.69 Å². The third-order valence-electron chi connectivity index (χ3n) is 6.17. The van der Waals surface area contributed by atoms with Crippen molar-refractivity contribution in [2.45, 2.75) is 12.8 Å². The number of ether oxygens (including phenoxy) is 1. The van der Waals surface area contributed by atoms with E-state index in [0.29, 0.717) is 48.7 Å². The second-order valence-corrected chi connectivity index (χ2v) is 8.35. The highest BCUT2D eigenvalue weighted by atomic mass is 16.5. The Morgan fingerprint density at radius 2 is 1.74 bits per heavy atom. The standard InChI is InChI=1S/C27H25N3O4/c1-33-22-10-7-19(8-11-22)26-29-23-12-9-21(17-24(23)34-26)28-25(31)18-13-15-30(16-14-18)27(32)20-5-3-2-4-6-20/h2-12,17-18H,13-16H2,1H3,(H,28,31). The van der Waals surface area contributed by atoms with Gasteiger partial charge in [0.15, 0.2) is 5.58 Å². The molecule has 0 radical (unpaired) electrons. The summed E-state index contributed by atoms with van der Waals surface area (Å²) >= 11 is 0. The Morgan fingerprint density at radius 3 is 2.44 bits per heavy atom. The van der Waals surface area contributed by atoms with Crippen molar-refractivity contribution in [1.29, 1.82) is 0 Å². The summed E-state index contributed by atoms with van der Waals surface area (Å²) in [5.74, 6) is 1.11. The minimum absolute atomic E-state index is 0.0166. The van der Waals surface area contributed by atoms with Crippen LogP contribution in [0.2, 0.25) is 0 Å².